The van der Waals surface area contributed by atoms with Crippen molar-refractivity contribution in [1.29, 1.82) is 0 Å². The Labute approximate surface area is 122 Å². The van der Waals surface area contributed by atoms with Crippen LogP contribution in [0.3, 0.4) is 0 Å². The summed E-state index contributed by atoms with van der Waals surface area (Å²) >= 11 is 0. The maximum Gasteiger partial charge on any atom is 0.350 e. The number of nitrogens with zero attached hydrogens (tertiary/aromatic N) is 3. The Hall–Kier alpha value is -2.15. The van der Waals surface area contributed by atoms with E-state index in [1.165, 1.54) is 9.08 Å². The van der Waals surface area contributed by atoms with Gasteiger partial charge in [-0.05, 0) is 25.5 Å². The van der Waals surface area contributed by atoms with Crippen molar-refractivity contribution < 1.29 is 9.90 Å². The zero-order valence-electron chi connectivity index (χ0n) is 12.2. The maximum absolute atomic E-state index is 12.1. The summed E-state index contributed by atoms with van der Waals surface area (Å²) in [6.07, 6.45) is 2.96. The van der Waals surface area contributed by atoms with Crippen LogP contribution in [0.1, 0.15) is 26.7 Å². The van der Waals surface area contributed by atoms with Gasteiger partial charge < -0.3 is 10.4 Å². The number of carbonyl (C=O) groups is 1. The van der Waals surface area contributed by atoms with Crippen LogP contribution in [0.5, 0.6) is 0 Å². The fourth-order valence-electron chi connectivity index (χ4n) is 2.32. The number of fused-ring (bicyclic) bond motifs is 1. The van der Waals surface area contributed by atoms with Crippen molar-refractivity contribution in [1.82, 2.24) is 19.5 Å². The van der Waals surface area contributed by atoms with E-state index in [-0.39, 0.29) is 5.69 Å². The van der Waals surface area contributed by atoms with E-state index in [1.54, 1.807) is 25.3 Å². The number of carboxylic acid groups (broad SMARTS) is 1. The van der Waals surface area contributed by atoms with E-state index in [2.05, 4.69) is 10.4 Å². The zero-order valence-corrected chi connectivity index (χ0v) is 12.2. The number of pyridine rings is 1. The molecule has 2 N–H and O–H groups in total. The molecule has 0 spiro atoms. The lowest BCUT2D eigenvalue weighted by atomic mass is 9.96. The van der Waals surface area contributed by atoms with Crippen molar-refractivity contribution in [3.05, 3.63) is 34.9 Å². The highest BCUT2D eigenvalue weighted by molar-refractivity contribution is 5.78. The van der Waals surface area contributed by atoms with Crippen LogP contribution in [0.25, 0.3) is 5.65 Å². The molecule has 0 aliphatic rings. The SMILES string of the molecule is CCCC(C)(NCCn1nc2ccccn2c1=O)C(=O)O. The standard InChI is InChI=1S/C14H20N4O3/c1-3-7-14(2,12(19)20)15-8-10-18-13(21)17-9-5-4-6-11(17)16-18/h4-6,9,15H,3,7-8,10H2,1-2H3,(H,19,20). The highest BCUT2D eigenvalue weighted by Gasteiger charge is 2.31. The van der Waals surface area contributed by atoms with E-state index in [4.69, 9.17) is 0 Å². The summed E-state index contributed by atoms with van der Waals surface area (Å²) in [5.41, 5.74) is -0.616. The van der Waals surface area contributed by atoms with Gasteiger partial charge in [-0.15, -0.1) is 5.10 Å². The minimum Gasteiger partial charge on any atom is -0.480 e. The molecule has 2 aromatic rings. The second kappa shape index (κ2) is 6.09. The first-order valence-electron chi connectivity index (χ1n) is 7.00. The van der Waals surface area contributed by atoms with Crippen LogP contribution in [-0.2, 0) is 11.3 Å². The minimum atomic E-state index is -0.975. The molecule has 0 aliphatic carbocycles. The number of aromatic nitrogens is 3. The lowest BCUT2D eigenvalue weighted by Crippen LogP contribution is -2.50. The van der Waals surface area contributed by atoms with Gasteiger partial charge in [-0.3, -0.25) is 9.20 Å². The van der Waals surface area contributed by atoms with E-state index < -0.39 is 11.5 Å². The first-order chi connectivity index (χ1) is 9.98. The Balaban J connectivity index is 2.07. The van der Waals surface area contributed by atoms with Crippen molar-refractivity contribution in [2.75, 3.05) is 6.54 Å². The summed E-state index contributed by atoms with van der Waals surface area (Å²) in [4.78, 5) is 23.4. The lowest BCUT2D eigenvalue weighted by Gasteiger charge is -2.25. The third-order valence-corrected chi connectivity index (χ3v) is 3.55. The van der Waals surface area contributed by atoms with Crippen LogP contribution < -0.4 is 11.0 Å². The van der Waals surface area contributed by atoms with Crippen LogP contribution in [-0.4, -0.2) is 37.3 Å². The fourth-order valence-corrected chi connectivity index (χ4v) is 2.32. The average molecular weight is 292 g/mol. The molecule has 7 heteroatoms. The summed E-state index contributed by atoms with van der Waals surface area (Å²) in [6.45, 7) is 4.29. The Kier molecular flexibility index (Phi) is 4.42. The predicted octanol–water partition coefficient (Wildman–Crippen LogP) is 0.729. The van der Waals surface area contributed by atoms with Crippen molar-refractivity contribution >= 4 is 11.6 Å². The van der Waals surface area contributed by atoms with Gasteiger partial charge in [0, 0.05) is 12.7 Å². The van der Waals surface area contributed by atoms with E-state index in [0.29, 0.717) is 25.2 Å². The Bertz CT molecular complexity index is 691. The molecular formula is C14H20N4O3. The average Bonchev–Trinajstić information content (AvgIpc) is 2.76. The molecule has 0 aromatic carbocycles. The molecule has 114 valence electrons. The molecule has 0 bridgehead atoms. The Morgan fingerprint density at radius 2 is 2.24 bits per heavy atom. The van der Waals surface area contributed by atoms with Gasteiger partial charge in [-0.2, -0.15) is 0 Å². The predicted molar refractivity (Wildman–Crippen MR) is 78.4 cm³/mol. The number of hydrogen-bond acceptors (Lipinski definition) is 4. The van der Waals surface area contributed by atoms with Gasteiger partial charge in [0.25, 0.3) is 0 Å². The summed E-state index contributed by atoms with van der Waals surface area (Å²) in [5.74, 6) is -0.883. The summed E-state index contributed by atoms with van der Waals surface area (Å²) < 4.78 is 2.80. The van der Waals surface area contributed by atoms with Gasteiger partial charge in [0.05, 0.1) is 6.54 Å². The molecule has 0 saturated heterocycles. The fraction of sp³-hybridized carbons (Fsp3) is 0.500. The second-order valence-corrected chi connectivity index (χ2v) is 5.25. The van der Waals surface area contributed by atoms with Crippen LogP contribution >= 0.6 is 0 Å². The van der Waals surface area contributed by atoms with Crippen LogP contribution in [0, 0.1) is 0 Å². The molecule has 0 aliphatic heterocycles. The quantitative estimate of drug-likeness (QED) is 0.785. The normalized spacial score (nSPS) is 14.2. The van der Waals surface area contributed by atoms with Crippen LogP contribution in [0.2, 0.25) is 0 Å². The largest absolute Gasteiger partial charge is 0.480 e. The number of aliphatic carboxylic acids is 1. The van der Waals surface area contributed by atoms with Gasteiger partial charge in [-0.1, -0.05) is 19.4 Å². The first kappa shape index (κ1) is 15.2. The third kappa shape index (κ3) is 3.13. The smallest absolute Gasteiger partial charge is 0.350 e. The van der Waals surface area contributed by atoms with Gasteiger partial charge in [0.2, 0.25) is 0 Å². The number of rotatable bonds is 7. The first-order valence-corrected chi connectivity index (χ1v) is 7.00. The zero-order chi connectivity index (χ0) is 15.5. The molecule has 21 heavy (non-hydrogen) atoms. The van der Waals surface area contributed by atoms with Gasteiger partial charge in [0.1, 0.15) is 5.54 Å². The Morgan fingerprint density at radius 1 is 1.48 bits per heavy atom. The molecule has 1 unspecified atom stereocenters. The summed E-state index contributed by atoms with van der Waals surface area (Å²) in [6, 6.07) is 5.33. The molecule has 2 heterocycles. The molecule has 2 aromatic heterocycles. The topological polar surface area (TPSA) is 88.6 Å². The number of nitrogens with one attached hydrogen (secondary N) is 1. The van der Waals surface area contributed by atoms with Crippen molar-refractivity contribution in [2.45, 2.75) is 38.8 Å². The van der Waals surface area contributed by atoms with E-state index >= 15 is 0 Å². The van der Waals surface area contributed by atoms with E-state index in [0.717, 1.165) is 6.42 Å². The van der Waals surface area contributed by atoms with Crippen molar-refractivity contribution in [2.24, 2.45) is 0 Å². The van der Waals surface area contributed by atoms with Crippen LogP contribution in [0.4, 0.5) is 0 Å². The third-order valence-electron chi connectivity index (χ3n) is 3.55. The highest BCUT2D eigenvalue weighted by Crippen LogP contribution is 2.12. The summed E-state index contributed by atoms with van der Waals surface area (Å²) in [7, 11) is 0. The molecule has 7 nitrogen and oxygen atoms in total. The summed E-state index contributed by atoms with van der Waals surface area (Å²) in [5, 5.41) is 16.5. The monoisotopic (exact) mass is 292 g/mol. The molecule has 0 radical (unpaired) electrons. The van der Waals surface area contributed by atoms with E-state index in [9.17, 15) is 14.7 Å². The lowest BCUT2D eigenvalue weighted by molar-refractivity contribution is -0.144. The maximum atomic E-state index is 12.1. The number of carboxylic acids is 1. The Morgan fingerprint density at radius 3 is 2.86 bits per heavy atom. The molecule has 0 fully saturated rings. The van der Waals surface area contributed by atoms with E-state index in [1.807, 2.05) is 13.0 Å². The van der Waals surface area contributed by atoms with Crippen molar-refractivity contribution in [3.8, 4) is 0 Å². The van der Waals surface area contributed by atoms with Crippen LogP contribution in [0.15, 0.2) is 29.2 Å². The molecule has 2 rings (SSSR count). The molecule has 1 atom stereocenters. The number of hydrogen-bond donors (Lipinski definition) is 2. The van der Waals surface area contributed by atoms with Crippen molar-refractivity contribution in [3.63, 3.8) is 0 Å². The molecule has 0 amide bonds. The molecular weight excluding hydrogens is 272 g/mol. The van der Waals surface area contributed by atoms with Gasteiger partial charge in [-0.25, -0.2) is 9.48 Å². The second-order valence-electron chi connectivity index (χ2n) is 5.25. The van der Waals surface area contributed by atoms with Gasteiger partial charge >= 0.3 is 11.7 Å². The molecule has 0 saturated carbocycles. The highest BCUT2D eigenvalue weighted by atomic mass is 16.4. The minimum absolute atomic E-state index is 0.222. The van der Waals surface area contributed by atoms with Gasteiger partial charge in [0.15, 0.2) is 5.65 Å².